The molecular weight excluding hydrogens is 248 g/mol. The molecule has 1 atom stereocenters. The Bertz CT molecular complexity index is 433. The van der Waals surface area contributed by atoms with Crippen molar-refractivity contribution in [2.24, 2.45) is 0 Å². The molecule has 7 nitrogen and oxygen atoms in total. The summed E-state index contributed by atoms with van der Waals surface area (Å²) in [5.41, 5.74) is 0. The molecule has 0 bridgehead atoms. The van der Waals surface area contributed by atoms with E-state index in [1.165, 1.54) is 0 Å². The molecule has 1 fully saturated rings. The second kappa shape index (κ2) is 5.17. The van der Waals surface area contributed by atoms with Crippen molar-refractivity contribution in [2.75, 3.05) is 13.2 Å². The average molecular weight is 258 g/mol. The first kappa shape index (κ1) is 11.9. The highest BCUT2D eigenvalue weighted by molar-refractivity contribution is 8.00. The van der Waals surface area contributed by atoms with Crippen molar-refractivity contribution in [3.63, 3.8) is 0 Å². The highest BCUT2D eigenvalue weighted by Crippen LogP contribution is 2.28. The van der Waals surface area contributed by atoms with E-state index in [0.717, 1.165) is 11.8 Å². The molecule has 0 radical (unpaired) electrons. The van der Waals surface area contributed by atoms with Gasteiger partial charge in [-0.3, -0.25) is 4.79 Å². The predicted octanol–water partition coefficient (Wildman–Crippen LogP) is 0.654. The Kier molecular flexibility index (Phi) is 3.62. The smallest absolute Gasteiger partial charge is 0.396 e. The first-order valence-electron chi connectivity index (χ1n) is 5.04. The number of cyclic esters (lactones) is 1. The molecule has 0 aliphatic carbocycles. The Labute approximate surface area is 101 Å². The Balaban J connectivity index is 1.98. The van der Waals surface area contributed by atoms with Gasteiger partial charge < -0.3 is 13.9 Å². The molecule has 1 aliphatic heterocycles. The number of aromatic nitrogens is 2. The van der Waals surface area contributed by atoms with E-state index in [-0.39, 0.29) is 28.9 Å². The van der Waals surface area contributed by atoms with Gasteiger partial charge in [0.05, 0.1) is 13.2 Å². The number of hydrogen-bond donors (Lipinski definition) is 0. The Morgan fingerprint density at radius 3 is 3.06 bits per heavy atom. The molecule has 1 aromatic heterocycles. The molecule has 1 unspecified atom stereocenters. The van der Waals surface area contributed by atoms with Gasteiger partial charge in [0, 0.05) is 6.42 Å². The van der Waals surface area contributed by atoms with Crippen LogP contribution in [-0.4, -0.2) is 40.6 Å². The van der Waals surface area contributed by atoms with E-state index in [1.807, 2.05) is 0 Å². The monoisotopic (exact) mass is 258 g/mol. The van der Waals surface area contributed by atoms with E-state index >= 15 is 0 Å². The lowest BCUT2D eigenvalue weighted by Crippen LogP contribution is -2.09. The fourth-order valence-electron chi connectivity index (χ4n) is 1.24. The first-order valence-corrected chi connectivity index (χ1v) is 5.92. The van der Waals surface area contributed by atoms with E-state index in [4.69, 9.17) is 13.9 Å². The summed E-state index contributed by atoms with van der Waals surface area (Å²) >= 11 is 1.09. The summed E-state index contributed by atoms with van der Waals surface area (Å²) in [6, 6.07) is 0. The van der Waals surface area contributed by atoms with Gasteiger partial charge in [0.1, 0.15) is 5.25 Å². The number of thioether (sulfide) groups is 1. The van der Waals surface area contributed by atoms with Crippen LogP contribution in [0.1, 0.15) is 24.0 Å². The minimum atomic E-state index is -0.666. The van der Waals surface area contributed by atoms with E-state index in [1.54, 1.807) is 6.92 Å². The summed E-state index contributed by atoms with van der Waals surface area (Å²) in [5.74, 6) is -1.17. The van der Waals surface area contributed by atoms with Crippen LogP contribution < -0.4 is 0 Å². The summed E-state index contributed by atoms with van der Waals surface area (Å²) in [7, 11) is 0. The number of carbonyl (C=O) groups is 2. The second-order valence-electron chi connectivity index (χ2n) is 3.16. The van der Waals surface area contributed by atoms with Crippen molar-refractivity contribution in [1.29, 1.82) is 0 Å². The lowest BCUT2D eigenvalue weighted by molar-refractivity contribution is -0.137. The quantitative estimate of drug-likeness (QED) is 0.727. The van der Waals surface area contributed by atoms with Gasteiger partial charge in [-0.25, -0.2) is 4.79 Å². The maximum atomic E-state index is 11.2. The topological polar surface area (TPSA) is 91.5 Å². The van der Waals surface area contributed by atoms with E-state index in [2.05, 4.69) is 10.2 Å². The zero-order chi connectivity index (χ0) is 12.3. The van der Waals surface area contributed by atoms with Crippen LogP contribution in [0.4, 0.5) is 0 Å². The van der Waals surface area contributed by atoms with Crippen molar-refractivity contribution < 1.29 is 23.5 Å². The molecule has 0 amide bonds. The maximum absolute atomic E-state index is 11.2. The third-order valence-electron chi connectivity index (χ3n) is 1.99. The van der Waals surface area contributed by atoms with Gasteiger partial charge in [0.2, 0.25) is 0 Å². The van der Waals surface area contributed by atoms with E-state index in [9.17, 15) is 9.59 Å². The van der Waals surface area contributed by atoms with Crippen LogP contribution in [0.2, 0.25) is 0 Å². The summed E-state index contributed by atoms with van der Waals surface area (Å²) < 4.78 is 14.6. The molecule has 0 N–H and O–H groups in total. The lowest BCUT2D eigenvalue weighted by atomic mass is 10.4. The molecule has 0 spiro atoms. The Morgan fingerprint density at radius 2 is 2.41 bits per heavy atom. The fraction of sp³-hybridized carbons (Fsp3) is 0.556. The summed E-state index contributed by atoms with van der Waals surface area (Å²) in [5, 5.41) is 7.01. The molecule has 0 saturated carbocycles. The minimum Gasteiger partial charge on any atom is -0.465 e. The highest BCUT2D eigenvalue weighted by Gasteiger charge is 2.30. The van der Waals surface area contributed by atoms with Crippen molar-refractivity contribution in [3.8, 4) is 0 Å². The van der Waals surface area contributed by atoms with Crippen LogP contribution in [0.5, 0.6) is 0 Å². The highest BCUT2D eigenvalue weighted by atomic mass is 32.2. The molecule has 0 aromatic carbocycles. The molecule has 1 aliphatic rings. The first-order chi connectivity index (χ1) is 8.20. The molecule has 2 heterocycles. The van der Waals surface area contributed by atoms with Gasteiger partial charge in [-0.15, -0.1) is 5.10 Å². The van der Waals surface area contributed by atoms with Crippen molar-refractivity contribution >= 4 is 23.7 Å². The minimum absolute atomic E-state index is 0.164. The van der Waals surface area contributed by atoms with Crippen LogP contribution in [0.25, 0.3) is 0 Å². The van der Waals surface area contributed by atoms with Crippen LogP contribution in [0.3, 0.4) is 0 Å². The maximum Gasteiger partial charge on any atom is 0.396 e. The SMILES string of the molecule is CCOC(=O)c1nnc(SC2CCOC2=O)o1. The Hall–Kier alpha value is -1.57. The molecule has 8 heteroatoms. The van der Waals surface area contributed by atoms with Gasteiger partial charge in [-0.1, -0.05) is 5.10 Å². The number of nitrogens with zero attached hydrogens (tertiary/aromatic N) is 2. The van der Waals surface area contributed by atoms with E-state index < -0.39 is 5.97 Å². The molecule has 1 aromatic rings. The van der Waals surface area contributed by atoms with Crippen LogP contribution in [0, 0.1) is 0 Å². The van der Waals surface area contributed by atoms with Gasteiger partial charge >= 0.3 is 17.8 Å². The van der Waals surface area contributed by atoms with Gasteiger partial charge in [0.15, 0.2) is 0 Å². The predicted molar refractivity (Wildman–Crippen MR) is 55.5 cm³/mol. The fourth-order valence-corrected chi connectivity index (χ4v) is 2.08. The zero-order valence-corrected chi connectivity index (χ0v) is 9.86. The van der Waals surface area contributed by atoms with E-state index in [0.29, 0.717) is 13.0 Å². The molecular formula is C9H10N2O5S. The van der Waals surface area contributed by atoms with Crippen molar-refractivity contribution in [1.82, 2.24) is 10.2 Å². The van der Waals surface area contributed by atoms with Gasteiger partial charge in [-0.05, 0) is 18.7 Å². The van der Waals surface area contributed by atoms with Gasteiger partial charge in [-0.2, -0.15) is 0 Å². The zero-order valence-electron chi connectivity index (χ0n) is 9.04. The van der Waals surface area contributed by atoms with Crippen molar-refractivity contribution in [3.05, 3.63) is 5.89 Å². The number of rotatable bonds is 4. The molecule has 92 valence electrons. The van der Waals surface area contributed by atoms with Crippen LogP contribution >= 0.6 is 11.8 Å². The third kappa shape index (κ3) is 2.76. The number of carbonyl (C=O) groups excluding carboxylic acids is 2. The van der Waals surface area contributed by atoms with Crippen LogP contribution in [-0.2, 0) is 14.3 Å². The summed E-state index contributed by atoms with van der Waals surface area (Å²) in [6.07, 6.45) is 0.598. The Morgan fingerprint density at radius 1 is 1.59 bits per heavy atom. The summed E-state index contributed by atoms with van der Waals surface area (Å²) in [6.45, 7) is 2.31. The number of hydrogen-bond acceptors (Lipinski definition) is 8. The second-order valence-corrected chi connectivity index (χ2v) is 4.31. The third-order valence-corrected chi connectivity index (χ3v) is 3.07. The molecule has 2 rings (SSSR count). The van der Waals surface area contributed by atoms with Gasteiger partial charge in [0.25, 0.3) is 5.22 Å². The molecule has 1 saturated heterocycles. The lowest BCUT2D eigenvalue weighted by Gasteiger charge is -1.99. The average Bonchev–Trinajstić information content (AvgIpc) is 2.90. The summed E-state index contributed by atoms with van der Waals surface area (Å²) in [4.78, 5) is 22.4. The van der Waals surface area contributed by atoms with Crippen LogP contribution in [0.15, 0.2) is 9.64 Å². The normalized spacial score (nSPS) is 19.1. The largest absolute Gasteiger partial charge is 0.465 e. The standard InChI is InChI=1S/C9H10N2O5S/c1-2-14-8(13)6-10-11-9(16-6)17-5-3-4-15-7(5)12/h5H,2-4H2,1H3. The number of ether oxygens (including phenoxy) is 2. The number of esters is 2. The molecule has 17 heavy (non-hydrogen) atoms. The van der Waals surface area contributed by atoms with Crippen molar-refractivity contribution in [2.45, 2.75) is 23.8 Å².